The molecule has 0 unspecified atom stereocenters. The molecule has 0 atom stereocenters. The largest absolute Gasteiger partial charge is 0.881 e. The van der Waals surface area contributed by atoms with Gasteiger partial charge in [-0.15, -0.1) is 0 Å². The van der Waals surface area contributed by atoms with Crippen molar-refractivity contribution in [1.29, 1.82) is 0 Å². The lowest BCUT2D eigenvalue weighted by atomic mass is 10.1. The van der Waals surface area contributed by atoms with Crippen LogP contribution in [0.1, 0.15) is 16.7 Å². The van der Waals surface area contributed by atoms with Gasteiger partial charge in [0.15, 0.2) is 11.5 Å². The van der Waals surface area contributed by atoms with Crippen molar-refractivity contribution in [3.8, 4) is 28.6 Å². The summed E-state index contributed by atoms with van der Waals surface area (Å²) in [4.78, 5) is 9.51. The fourth-order valence-electron chi connectivity index (χ4n) is 4.15. The molecule has 0 bridgehead atoms. The molecule has 6 heteroatoms. The van der Waals surface area contributed by atoms with E-state index in [9.17, 15) is 0 Å². The summed E-state index contributed by atoms with van der Waals surface area (Å²) < 4.78 is 14.4. The molecule has 2 aromatic heterocycles. The average Bonchev–Trinajstić information content (AvgIpc) is 3.21. The van der Waals surface area contributed by atoms with Crippen LogP contribution in [0.25, 0.3) is 28.2 Å². The number of nitrogens with zero attached hydrogens (tertiary/aromatic N) is 3. The third-order valence-electron chi connectivity index (χ3n) is 5.50. The van der Waals surface area contributed by atoms with Crippen molar-refractivity contribution in [2.45, 2.75) is 20.8 Å². The van der Waals surface area contributed by atoms with Gasteiger partial charge in [0, 0.05) is 11.9 Å². The summed E-state index contributed by atoms with van der Waals surface area (Å²) in [5.41, 5.74) is 7.00. The van der Waals surface area contributed by atoms with Crippen molar-refractivity contribution in [2.24, 2.45) is 0 Å². The van der Waals surface area contributed by atoms with Crippen molar-refractivity contribution in [3.63, 3.8) is 0 Å². The van der Waals surface area contributed by atoms with E-state index in [1.807, 2.05) is 54.6 Å². The lowest BCUT2D eigenvalue weighted by molar-refractivity contribution is 0.455. The van der Waals surface area contributed by atoms with Gasteiger partial charge in [-0.3, -0.25) is 4.57 Å². The van der Waals surface area contributed by atoms with E-state index in [1.54, 1.807) is 6.20 Å². The van der Waals surface area contributed by atoms with Crippen molar-refractivity contribution in [2.75, 3.05) is 0 Å². The second kappa shape index (κ2) is 9.11. The third kappa shape index (κ3) is 4.24. The Hall–Kier alpha value is -3.59. The molecule has 1 radical (unpaired) electrons. The van der Waals surface area contributed by atoms with E-state index < -0.39 is 15.9 Å². The number of aryl methyl sites for hydroxylation is 3. The zero-order chi connectivity index (χ0) is 22.8. The molecule has 2 heterocycles. The van der Waals surface area contributed by atoms with Gasteiger partial charge in [0.25, 0.3) is 0 Å². The Morgan fingerprint density at radius 1 is 0.788 bits per heavy atom. The Kier molecular flexibility index (Phi) is 5.87. The van der Waals surface area contributed by atoms with Crippen molar-refractivity contribution < 1.29 is 7.58 Å². The molecule has 0 aliphatic rings. The Bertz CT molecular complexity index is 1410. The minimum absolute atomic E-state index is 0.738. The second-order valence-corrected chi connectivity index (χ2v) is 8.67. The SMILES string of the molecule is Cc1cc(C)c([O][Al][O]c2ccccc2-c2nc3cccnc3n2-c2ccccc2)c(C)c1. The first-order valence-corrected chi connectivity index (χ1v) is 11.8. The number of rotatable bonds is 6. The Balaban J connectivity index is 1.51. The van der Waals surface area contributed by atoms with Crippen LogP contribution < -0.4 is 7.58 Å². The van der Waals surface area contributed by atoms with Gasteiger partial charge in [-0.1, -0.05) is 48.0 Å². The van der Waals surface area contributed by atoms with E-state index in [0.29, 0.717) is 0 Å². The molecule has 3 aromatic carbocycles. The maximum Gasteiger partial charge on any atom is 0.881 e. The lowest BCUT2D eigenvalue weighted by Gasteiger charge is -2.16. The molecule has 0 fully saturated rings. The molecule has 0 saturated carbocycles. The van der Waals surface area contributed by atoms with E-state index in [2.05, 4.69) is 54.6 Å². The molecule has 5 aromatic rings. The Morgan fingerprint density at radius 2 is 1.52 bits per heavy atom. The van der Waals surface area contributed by atoms with E-state index in [-0.39, 0.29) is 0 Å². The molecule has 5 rings (SSSR count). The Morgan fingerprint density at radius 3 is 2.30 bits per heavy atom. The molecule has 0 aliphatic heterocycles. The molecule has 0 aliphatic carbocycles. The van der Waals surface area contributed by atoms with Crippen LogP contribution in [-0.2, 0) is 0 Å². The monoisotopic (exact) mass is 448 g/mol. The smallest absolute Gasteiger partial charge is 0.615 e. The van der Waals surface area contributed by atoms with Gasteiger partial charge >= 0.3 is 15.9 Å². The summed E-state index contributed by atoms with van der Waals surface area (Å²) in [5.74, 6) is 2.42. The van der Waals surface area contributed by atoms with Gasteiger partial charge in [0.2, 0.25) is 0 Å². The minimum Gasteiger partial charge on any atom is -0.615 e. The second-order valence-electron chi connectivity index (χ2n) is 8.01. The van der Waals surface area contributed by atoms with Crippen molar-refractivity contribution in [1.82, 2.24) is 14.5 Å². The first-order valence-electron chi connectivity index (χ1n) is 10.8. The molecular formula is C27H23AlN3O2. The zero-order valence-electron chi connectivity index (χ0n) is 18.8. The quantitative estimate of drug-likeness (QED) is 0.299. The predicted octanol–water partition coefficient (Wildman–Crippen LogP) is 6.00. The molecular weight excluding hydrogens is 425 g/mol. The number of fused-ring (bicyclic) bond motifs is 1. The van der Waals surface area contributed by atoms with E-state index in [1.165, 1.54) is 5.56 Å². The van der Waals surface area contributed by atoms with E-state index in [0.717, 1.165) is 50.9 Å². The summed E-state index contributed by atoms with van der Waals surface area (Å²) in [6.07, 6.45) is 1.79. The van der Waals surface area contributed by atoms with Gasteiger partial charge in [-0.2, -0.15) is 0 Å². The summed E-state index contributed by atoms with van der Waals surface area (Å²) >= 11 is -0.753. The fraction of sp³-hybridized carbons (Fsp3) is 0.111. The summed E-state index contributed by atoms with van der Waals surface area (Å²) in [7, 11) is 0. The number of benzene rings is 3. The summed E-state index contributed by atoms with van der Waals surface area (Å²) in [6.45, 7) is 6.23. The summed E-state index contributed by atoms with van der Waals surface area (Å²) in [6, 6.07) is 26.2. The average molecular weight is 448 g/mol. The third-order valence-corrected chi connectivity index (χ3v) is 6.19. The van der Waals surface area contributed by atoms with Crippen LogP contribution in [0.4, 0.5) is 0 Å². The summed E-state index contributed by atoms with van der Waals surface area (Å²) in [5, 5.41) is 0. The number of imidazole rings is 1. The minimum atomic E-state index is -0.753. The number of hydrogen-bond donors (Lipinski definition) is 0. The first-order chi connectivity index (χ1) is 16.1. The van der Waals surface area contributed by atoms with Crippen LogP contribution >= 0.6 is 0 Å². The van der Waals surface area contributed by atoms with Crippen LogP contribution in [0.3, 0.4) is 0 Å². The predicted molar refractivity (Wildman–Crippen MR) is 132 cm³/mol. The topological polar surface area (TPSA) is 49.2 Å². The van der Waals surface area contributed by atoms with Gasteiger partial charge in [-0.05, 0) is 68.3 Å². The van der Waals surface area contributed by atoms with Gasteiger partial charge in [-0.25, -0.2) is 9.97 Å². The van der Waals surface area contributed by atoms with Gasteiger partial charge < -0.3 is 7.58 Å². The molecule has 0 spiro atoms. The zero-order valence-corrected chi connectivity index (χ0v) is 20.0. The maximum absolute atomic E-state index is 6.21. The van der Waals surface area contributed by atoms with Crippen LogP contribution in [0.15, 0.2) is 85.1 Å². The molecule has 0 saturated heterocycles. The van der Waals surface area contributed by atoms with Crippen LogP contribution in [0.2, 0.25) is 0 Å². The van der Waals surface area contributed by atoms with Crippen LogP contribution in [0.5, 0.6) is 11.5 Å². The Labute approximate surface area is 200 Å². The molecule has 0 amide bonds. The maximum atomic E-state index is 6.21. The molecule has 161 valence electrons. The van der Waals surface area contributed by atoms with Crippen molar-refractivity contribution >= 4 is 27.1 Å². The number of aromatic nitrogens is 3. The molecule has 5 nitrogen and oxygen atoms in total. The number of para-hydroxylation sites is 2. The highest BCUT2D eigenvalue weighted by Gasteiger charge is 2.19. The first kappa shape index (κ1) is 21.3. The van der Waals surface area contributed by atoms with Crippen LogP contribution in [0, 0.1) is 20.8 Å². The highest BCUT2D eigenvalue weighted by Crippen LogP contribution is 2.33. The molecule has 0 N–H and O–H groups in total. The van der Waals surface area contributed by atoms with Crippen molar-refractivity contribution in [3.05, 3.63) is 102 Å². The number of hydrogen-bond acceptors (Lipinski definition) is 4. The van der Waals surface area contributed by atoms with E-state index in [4.69, 9.17) is 12.6 Å². The van der Waals surface area contributed by atoms with Crippen LogP contribution in [-0.4, -0.2) is 30.4 Å². The van der Waals surface area contributed by atoms with E-state index >= 15 is 0 Å². The van der Waals surface area contributed by atoms with Gasteiger partial charge in [0.1, 0.15) is 5.52 Å². The highest BCUT2D eigenvalue weighted by molar-refractivity contribution is 6.21. The highest BCUT2D eigenvalue weighted by atomic mass is 27.2. The standard InChI is InChI=1S/C18H13N3O.C9H12O.Al/c22-16-11-5-4-9-14(16)17-20-15-10-6-12-19-18(15)21(17)13-7-2-1-3-8-13;1-6-4-7(2)9(10)8(3)5-6;/h1-12,22H;4-5,10H,1-3H3;/q;;+2/p-2. The molecule has 33 heavy (non-hydrogen) atoms. The lowest BCUT2D eigenvalue weighted by Crippen LogP contribution is -2.13. The normalized spacial score (nSPS) is 10.9. The van der Waals surface area contributed by atoms with Gasteiger partial charge in [0.05, 0.1) is 17.1 Å². The number of pyridine rings is 1. The fourth-order valence-corrected chi connectivity index (χ4v) is 4.97.